The molecule has 0 radical (unpaired) electrons. The van der Waals surface area contributed by atoms with Crippen LogP contribution in [0.2, 0.25) is 0 Å². The van der Waals surface area contributed by atoms with Crippen LogP contribution < -0.4 is 10.6 Å². The molecule has 0 aliphatic heterocycles. The number of aryl methyl sites for hydroxylation is 1. The van der Waals surface area contributed by atoms with Crippen molar-refractivity contribution in [1.82, 2.24) is 15.2 Å². The molecule has 5 nitrogen and oxygen atoms in total. The molecule has 0 spiro atoms. The van der Waals surface area contributed by atoms with Gasteiger partial charge in [0.1, 0.15) is 0 Å². The van der Waals surface area contributed by atoms with Crippen molar-refractivity contribution in [3.8, 4) is 0 Å². The second kappa shape index (κ2) is 8.26. The van der Waals surface area contributed by atoms with Crippen molar-refractivity contribution in [1.29, 1.82) is 0 Å². The van der Waals surface area contributed by atoms with Gasteiger partial charge in [0.2, 0.25) is 0 Å². The van der Waals surface area contributed by atoms with E-state index in [0.29, 0.717) is 12.3 Å². The van der Waals surface area contributed by atoms with Crippen LogP contribution in [-0.4, -0.2) is 46.4 Å². The maximum atomic E-state index is 11.7. The molecule has 6 heteroatoms. The fraction of sp³-hybridized carbons (Fsp3) is 0.471. The van der Waals surface area contributed by atoms with E-state index in [1.807, 2.05) is 18.4 Å². The Balaban J connectivity index is 1.68. The summed E-state index contributed by atoms with van der Waals surface area (Å²) < 4.78 is 2.19. The number of para-hydroxylation sites is 1. The number of nitrogens with zero attached hydrogens (tertiary/aromatic N) is 1. The van der Waals surface area contributed by atoms with Crippen LogP contribution in [0.3, 0.4) is 0 Å². The lowest BCUT2D eigenvalue weighted by atomic mass is 10.1. The predicted octanol–water partition coefficient (Wildman–Crippen LogP) is 2.44. The molecule has 3 N–H and O–H groups in total. The van der Waals surface area contributed by atoms with Crippen molar-refractivity contribution >= 4 is 28.7 Å². The van der Waals surface area contributed by atoms with Gasteiger partial charge in [-0.1, -0.05) is 18.2 Å². The number of carbonyl (C=O) groups is 1. The van der Waals surface area contributed by atoms with Gasteiger partial charge in [-0.15, -0.1) is 0 Å². The number of fused-ring (bicyclic) bond motifs is 1. The van der Waals surface area contributed by atoms with Crippen molar-refractivity contribution < 1.29 is 9.90 Å². The Kier molecular flexibility index (Phi) is 6.36. The molecule has 0 aliphatic carbocycles. The van der Waals surface area contributed by atoms with Crippen LogP contribution >= 0.6 is 11.8 Å². The molecule has 0 saturated heterocycles. The SMILES string of the molecule is CSCC(C)(O)CNC(=O)NCCCn1ccc2ccccc21. The molecule has 1 aromatic heterocycles. The number of hydrogen-bond donors (Lipinski definition) is 3. The van der Waals surface area contributed by atoms with Gasteiger partial charge in [0.15, 0.2) is 0 Å². The van der Waals surface area contributed by atoms with Crippen LogP contribution in [0.25, 0.3) is 10.9 Å². The number of benzene rings is 1. The Bertz CT molecular complexity index is 640. The lowest BCUT2D eigenvalue weighted by Gasteiger charge is -2.22. The summed E-state index contributed by atoms with van der Waals surface area (Å²) in [6.07, 6.45) is 4.86. The first-order chi connectivity index (χ1) is 11.0. The number of thioether (sulfide) groups is 1. The topological polar surface area (TPSA) is 66.3 Å². The number of aliphatic hydroxyl groups is 1. The van der Waals surface area contributed by atoms with E-state index in [9.17, 15) is 9.90 Å². The third-order valence-electron chi connectivity index (χ3n) is 3.63. The lowest BCUT2D eigenvalue weighted by molar-refractivity contribution is 0.0869. The molecule has 0 aliphatic rings. The van der Waals surface area contributed by atoms with Gasteiger partial charge < -0.3 is 20.3 Å². The van der Waals surface area contributed by atoms with Crippen LogP contribution in [0.4, 0.5) is 4.79 Å². The summed E-state index contributed by atoms with van der Waals surface area (Å²) in [6.45, 7) is 3.43. The van der Waals surface area contributed by atoms with Crippen LogP contribution in [-0.2, 0) is 6.54 Å². The van der Waals surface area contributed by atoms with Crippen molar-refractivity contribution in [3.05, 3.63) is 36.5 Å². The zero-order valence-electron chi connectivity index (χ0n) is 13.7. The number of urea groups is 1. The Morgan fingerprint density at radius 1 is 1.30 bits per heavy atom. The number of aromatic nitrogens is 1. The van der Waals surface area contributed by atoms with Gasteiger partial charge in [-0.25, -0.2) is 4.79 Å². The summed E-state index contributed by atoms with van der Waals surface area (Å²) in [4.78, 5) is 11.7. The summed E-state index contributed by atoms with van der Waals surface area (Å²) in [5.41, 5.74) is 0.339. The molecule has 1 heterocycles. The van der Waals surface area contributed by atoms with Crippen LogP contribution in [0.5, 0.6) is 0 Å². The average molecular weight is 335 g/mol. The van der Waals surface area contributed by atoms with Crippen molar-refractivity contribution in [2.24, 2.45) is 0 Å². The minimum Gasteiger partial charge on any atom is -0.387 e. The first kappa shape index (κ1) is 17.7. The van der Waals surface area contributed by atoms with Crippen LogP contribution in [0.15, 0.2) is 36.5 Å². The van der Waals surface area contributed by atoms with E-state index in [4.69, 9.17) is 0 Å². The molecule has 2 rings (SSSR count). The zero-order chi connectivity index (χ0) is 16.7. The summed E-state index contributed by atoms with van der Waals surface area (Å²) in [6, 6.07) is 10.1. The third kappa shape index (κ3) is 5.48. The van der Waals surface area contributed by atoms with Crippen LogP contribution in [0.1, 0.15) is 13.3 Å². The maximum Gasteiger partial charge on any atom is 0.314 e. The Morgan fingerprint density at radius 3 is 2.87 bits per heavy atom. The molecule has 126 valence electrons. The summed E-state index contributed by atoms with van der Waals surface area (Å²) in [7, 11) is 0. The Hall–Kier alpha value is -1.66. The van der Waals surface area contributed by atoms with E-state index >= 15 is 0 Å². The highest BCUT2D eigenvalue weighted by atomic mass is 32.2. The molecule has 2 amide bonds. The molecular formula is C17H25N3O2S. The highest BCUT2D eigenvalue weighted by Gasteiger charge is 2.20. The van der Waals surface area contributed by atoms with Gasteiger partial charge >= 0.3 is 6.03 Å². The lowest BCUT2D eigenvalue weighted by Crippen LogP contribution is -2.46. The quantitative estimate of drug-likeness (QED) is 0.649. The molecule has 23 heavy (non-hydrogen) atoms. The first-order valence-corrected chi connectivity index (χ1v) is 9.18. The largest absolute Gasteiger partial charge is 0.387 e. The zero-order valence-corrected chi connectivity index (χ0v) is 14.5. The summed E-state index contributed by atoms with van der Waals surface area (Å²) in [5, 5.41) is 16.8. The number of rotatable bonds is 8. The predicted molar refractivity (Wildman–Crippen MR) is 97.0 cm³/mol. The van der Waals surface area contributed by atoms with E-state index in [2.05, 4.69) is 39.6 Å². The minimum atomic E-state index is -0.874. The fourth-order valence-corrected chi connectivity index (χ4v) is 3.21. The number of carbonyl (C=O) groups excluding carboxylic acids is 1. The second-order valence-corrected chi connectivity index (χ2v) is 6.83. The minimum absolute atomic E-state index is 0.233. The fourth-order valence-electron chi connectivity index (χ4n) is 2.48. The third-order valence-corrected chi connectivity index (χ3v) is 4.54. The monoisotopic (exact) mass is 335 g/mol. The van der Waals surface area contributed by atoms with E-state index in [1.54, 1.807) is 18.7 Å². The number of nitrogens with one attached hydrogen (secondary N) is 2. The van der Waals surface area contributed by atoms with Crippen molar-refractivity contribution in [2.75, 3.05) is 25.1 Å². The van der Waals surface area contributed by atoms with E-state index in [1.165, 1.54) is 10.9 Å². The molecule has 2 aromatic rings. The maximum absolute atomic E-state index is 11.7. The standard InChI is InChI=1S/C17H25N3O2S/c1-17(22,13-23-2)12-19-16(21)18-9-5-10-20-11-8-14-6-3-4-7-15(14)20/h3-4,6-8,11,22H,5,9-10,12-13H2,1-2H3,(H2,18,19,21). The highest BCUT2D eigenvalue weighted by molar-refractivity contribution is 7.98. The Labute approximate surface area is 141 Å². The summed E-state index contributed by atoms with van der Waals surface area (Å²) in [5.74, 6) is 0.591. The average Bonchev–Trinajstić information content (AvgIpc) is 2.93. The first-order valence-electron chi connectivity index (χ1n) is 7.79. The molecule has 0 fully saturated rings. The number of amides is 2. The van der Waals surface area contributed by atoms with Gasteiger partial charge in [-0.2, -0.15) is 11.8 Å². The molecule has 1 unspecified atom stereocenters. The number of hydrogen-bond acceptors (Lipinski definition) is 3. The summed E-state index contributed by atoms with van der Waals surface area (Å²) >= 11 is 1.56. The van der Waals surface area contributed by atoms with Gasteiger partial charge in [0.05, 0.1) is 5.60 Å². The smallest absolute Gasteiger partial charge is 0.314 e. The van der Waals surface area contributed by atoms with Gasteiger partial charge in [-0.05, 0) is 37.1 Å². The van der Waals surface area contributed by atoms with Crippen molar-refractivity contribution in [3.63, 3.8) is 0 Å². The van der Waals surface area contributed by atoms with E-state index in [-0.39, 0.29) is 12.6 Å². The molecule has 0 saturated carbocycles. The van der Waals surface area contributed by atoms with Crippen LogP contribution in [0, 0.1) is 0 Å². The second-order valence-electron chi connectivity index (χ2n) is 5.96. The van der Waals surface area contributed by atoms with Gasteiger partial charge in [0.25, 0.3) is 0 Å². The van der Waals surface area contributed by atoms with E-state index in [0.717, 1.165) is 13.0 Å². The molecule has 1 atom stereocenters. The molecular weight excluding hydrogens is 310 g/mol. The van der Waals surface area contributed by atoms with Gasteiger partial charge in [-0.3, -0.25) is 0 Å². The molecule has 1 aromatic carbocycles. The van der Waals surface area contributed by atoms with Gasteiger partial charge in [0, 0.05) is 37.1 Å². The highest BCUT2D eigenvalue weighted by Crippen LogP contribution is 2.15. The van der Waals surface area contributed by atoms with E-state index < -0.39 is 5.60 Å². The van der Waals surface area contributed by atoms with Crippen molar-refractivity contribution in [2.45, 2.75) is 25.5 Å². The molecule has 0 bridgehead atoms. The Morgan fingerprint density at radius 2 is 2.09 bits per heavy atom. The normalized spacial score (nSPS) is 13.7.